The summed E-state index contributed by atoms with van der Waals surface area (Å²) in [6, 6.07) is 21.5. The number of anilines is 1. The van der Waals surface area contributed by atoms with Crippen LogP contribution in [0.4, 0.5) is 10.1 Å². The topological polar surface area (TPSA) is 74.4 Å². The van der Waals surface area contributed by atoms with Gasteiger partial charge in [0.15, 0.2) is 6.10 Å². The number of carbonyl (C=O) groups is 2. The number of aromatic nitrogens is 1. The van der Waals surface area contributed by atoms with E-state index in [0.29, 0.717) is 17.9 Å². The number of halogens is 1. The molecule has 1 atom stereocenters. The minimum absolute atomic E-state index is 0.0972. The first-order valence-corrected chi connectivity index (χ1v) is 11.2. The zero-order valence-corrected chi connectivity index (χ0v) is 18.7. The minimum atomic E-state index is -0.772. The smallest absolute Gasteiger partial charge is 0.262 e. The number of nitrogens with one attached hydrogen (secondary N) is 2. The Labute approximate surface area is 196 Å². The quantitative estimate of drug-likeness (QED) is 0.465. The van der Waals surface area contributed by atoms with Gasteiger partial charge in [0, 0.05) is 30.1 Å². The Bertz CT molecular complexity index is 1360. The predicted octanol–water partition coefficient (Wildman–Crippen LogP) is 4.45. The van der Waals surface area contributed by atoms with Gasteiger partial charge in [-0.2, -0.15) is 0 Å². The Hall–Kier alpha value is -4.13. The van der Waals surface area contributed by atoms with Crippen molar-refractivity contribution in [3.05, 3.63) is 84.2 Å². The standard InChI is InChI=1S/C27H24FN3O3/c1-29-27(33)24-16-31(22-8-4-5-9-23(22)34-24)25(32)15-14-20-19-6-2-3-7-21(19)30-26(20)17-10-12-18(28)13-11-17/h2-13,24,30H,14-16H2,1H3,(H,29,33)/t24-/m0/s1. The van der Waals surface area contributed by atoms with Crippen molar-refractivity contribution in [2.75, 3.05) is 18.5 Å². The largest absolute Gasteiger partial charge is 0.477 e. The van der Waals surface area contributed by atoms with E-state index in [0.717, 1.165) is 27.7 Å². The van der Waals surface area contributed by atoms with Crippen LogP contribution in [0.3, 0.4) is 0 Å². The summed E-state index contributed by atoms with van der Waals surface area (Å²) in [5, 5.41) is 3.62. The molecule has 3 aromatic carbocycles. The van der Waals surface area contributed by atoms with Crippen LogP contribution in [0.1, 0.15) is 12.0 Å². The van der Waals surface area contributed by atoms with Crippen LogP contribution < -0.4 is 15.0 Å². The maximum Gasteiger partial charge on any atom is 0.262 e. The second kappa shape index (κ2) is 9.02. The molecular formula is C27H24FN3O3. The van der Waals surface area contributed by atoms with Gasteiger partial charge in [0.05, 0.1) is 12.2 Å². The normalized spacial score (nSPS) is 15.0. The lowest BCUT2D eigenvalue weighted by molar-refractivity contribution is -0.127. The molecule has 2 heterocycles. The number of hydrogen-bond donors (Lipinski definition) is 2. The summed E-state index contributed by atoms with van der Waals surface area (Å²) >= 11 is 0. The molecule has 1 aliphatic heterocycles. The first-order chi connectivity index (χ1) is 16.5. The molecule has 1 aromatic heterocycles. The molecule has 172 valence electrons. The predicted molar refractivity (Wildman–Crippen MR) is 129 cm³/mol. The molecule has 5 rings (SSSR count). The summed E-state index contributed by atoms with van der Waals surface area (Å²) in [5.74, 6) is -0.162. The Kier molecular flexibility index (Phi) is 5.76. The van der Waals surface area contributed by atoms with Gasteiger partial charge in [-0.1, -0.05) is 30.3 Å². The molecule has 0 unspecified atom stereocenters. The van der Waals surface area contributed by atoms with Crippen molar-refractivity contribution in [3.8, 4) is 17.0 Å². The fourth-order valence-corrected chi connectivity index (χ4v) is 4.46. The van der Waals surface area contributed by atoms with Gasteiger partial charge in [-0.15, -0.1) is 0 Å². The highest BCUT2D eigenvalue weighted by molar-refractivity contribution is 5.98. The molecular weight excluding hydrogens is 433 g/mol. The number of aryl methyl sites for hydroxylation is 1. The van der Waals surface area contributed by atoms with Crippen molar-refractivity contribution in [1.29, 1.82) is 0 Å². The van der Waals surface area contributed by atoms with Gasteiger partial charge in [0.2, 0.25) is 5.91 Å². The number of aromatic amines is 1. The molecule has 0 saturated heterocycles. The van der Waals surface area contributed by atoms with Crippen molar-refractivity contribution >= 4 is 28.4 Å². The van der Waals surface area contributed by atoms with Crippen molar-refractivity contribution in [1.82, 2.24) is 10.3 Å². The lowest BCUT2D eigenvalue weighted by Crippen LogP contribution is -2.50. The number of benzene rings is 3. The molecule has 2 N–H and O–H groups in total. The van der Waals surface area contributed by atoms with Crippen LogP contribution in [-0.4, -0.2) is 36.5 Å². The van der Waals surface area contributed by atoms with Crippen molar-refractivity contribution in [2.45, 2.75) is 18.9 Å². The Morgan fingerprint density at radius 2 is 1.79 bits per heavy atom. The van der Waals surface area contributed by atoms with E-state index in [1.165, 1.54) is 12.1 Å². The van der Waals surface area contributed by atoms with E-state index in [2.05, 4.69) is 10.3 Å². The summed E-state index contributed by atoms with van der Waals surface area (Å²) in [5.41, 5.74) is 4.35. The van der Waals surface area contributed by atoms with E-state index in [1.807, 2.05) is 42.5 Å². The summed E-state index contributed by atoms with van der Waals surface area (Å²) in [7, 11) is 1.55. The van der Waals surface area contributed by atoms with Crippen LogP contribution in [0.5, 0.6) is 5.75 Å². The van der Waals surface area contributed by atoms with E-state index < -0.39 is 6.10 Å². The van der Waals surface area contributed by atoms with Crippen LogP contribution in [0.15, 0.2) is 72.8 Å². The number of carbonyl (C=O) groups excluding carboxylic acids is 2. The lowest BCUT2D eigenvalue weighted by Gasteiger charge is -2.34. The average molecular weight is 458 g/mol. The first-order valence-electron chi connectivity index (χ1n) is 11.2. The van der Waals surface area contributed by atoms with E-state index >= 15 is 0 Å². The monoisotopic (exact) mass is 457 g/mol. The molecule has 0 saturated carbocycles. The Morgan fingerprint density at radius 1 is 1.06 bits per heavy atom. The number of H-pyrrole nitrogens is 1. The fourth-order valence-electron chi connectivity index (χ4n) is 4.46. The van der Waals surface area contributed by atoms with Crippen LogP contribution in [0.2, 0.25) is 0 Å². The molecule has 2 amide bonds. The molecule has 7 heteroatoms. The van der Waals surface area contributed by atoms with Gasteiger partial charge in [-0.05, 0) is 60.0 Å². The van der Waals surface area contributed by atoms with Crippen LogP contribution in [0.25, 0.3) is 22.2 Å². The summed E-state index contributed by atoms with van der Waals surface area (Å²) in [6.45, 7) is 0.147. The molecule has 0 bridgehead atoms. The molecule has 1 aliphatic rings. The van der Waals surface area contributed by atoms with Gasteiger partial charge in [0.25, 0.3) is 5.91 Å². The first kappa shape index (κ1) is 21.7. The second-order valence-electron chi connectivity index (χ2n) is 8.22. The Balaban J connectivity index is 1.44. The highest BCUT2D eigenvalue weighted by Crippen LogP contribution is 2.35. The number of ether oxygens (including phenoxy) is 1. The Morgan fingerprint density at radius 3 is 2.59 bits per heavy atom. The minimum Gasteiger partial charge on any atom is -0.477 e. The number of rotatable bonds is 5. The fraction of sp³-hybridized carbons (Fsp3) is 0.185. The molecule has 0 spiro atoms. The molecule has 0 aliphatic carbocycles. The number of hydrogen-bond acceptors (Lipinski definition) is 3. The van der Waals surface area contributed by atoms with E-state index in [-0.39, 0.29) is 30.6 Å². The molecule has 0 fully saturated rings. The number of para-hydroxylation sites is 3. The third-order valence-corrected chi connectivity index (χ3v) is 6.15. The number of amides is 2. The third kappa shape index (κ3) is 4.01. The highest BCUT2D eigenvalue weighted by atomic mass is 19.1. The summed E-state index contributed by atoms with van der Waals surface area (Å²) < 4.78 is 19.3. The van der Waals surface area contributed by atoms with E-state index in [4.69, 9.17) is 4.74 Å². The van der Waals surface area contributed by atoms with Crippen LogP contribution in [-0.2, 0) is 16.0 Å². The maximum atomic E-state index is 13.5. The van der Waals surface area contributed by atoms with Crippen LogP contribution >= 0.6 is 0 Å². The maximum absolute atomic E-state index is 13.5. The zero-order valence-electron chi connectivity index (χ0n) is 18.7. The summed E-state index contributed by atoms with van der Waals surface area (Å²) in [6.07, 6.45) is -0.0448. The van der Waals surface area contributed by atoms with E-state index in [1.54, 1.807) is 30.1 Å². The lowest BCUT2D eigenvalue weighted by atomic mass is 10.0. The molecule has 34 heavy (non-hydrogen) atoms. The van der Waals surface area contributed by atoms with Crippen LogP contribution in [0, 0.1) is 5.82 Å². The van der Waals surface area contributed by atoms with Gasteiger partial charge in [0.1, 0.15) is 11.6 Å². The second-order valence-corrected chi connectivity index (χ2v) is 8.22. The van der Waals surface area contributed by atoms with Crippen molar-refractivity contribution in [2.24, 2.45) is 0 Å². The zero-order chi connectivity index (χ0) is 23.7. The number of nitrogens with zero attached hydrogens (tertiary/aromatic N) is 1. The number of fused-ring (bicyclic) bond motifs is 2. The summed E-state index contributed by atoms with van der Waals surface area (Å²) in [4.78, 5) is 30.7. The molecule has 0 radical (unpaired) electrons. The van der Waals surface area contributed by atoms with Gasteiger partial charge in [-0.25, -0.2) is 4.39 Å². The number of likely N-dealkylation sites (N-methyl/N-ethyl adjacent to an activating group) is 1. The van der Waals surface area contributed by atoms with E-state index in [9.17, 15) is 14.0 Å². The average Bonchev–Trinajstić information content (AvgIpc) is 3.25. The van der Waals surface area contributed by atoms with Crippen molar-refractivity contribution < 1.29 is 18.7 Å². The van der Waals surface area contributed by atoms with Gasteiger partial charge < -0.3 is 19.9 Å². The van der Waals surface area contributed by atoms with Gasteiger partial charge >= 0.3 is 0 Å². The SMILES string of the molecule is CNC(=O)[C@@H]1CN(C(=O)CCc2c(-c3ccc(F)cc3)[nH]c3ccccc23)c2ccccc2O1. The third-order valence-electron chi connectivity index (χ3n) is 6.15. The molecule has 6 nitrogen and oxygen atoms in total. The molecule has 4 aromatic rings. The van der Waals surface area contributed by atoms with Crippen molar-refractivity contribution in [3.63, 3.8) is 0 Å². The van der Waals surface area contributed by atoms with Gasteiger partial charge in [-0.3, -0.25) is 9.59 Å². The highest BCUT2D eigenvalue weighted by Gasteiger charge is 2.33.